The Morgan fingerprint density at radius 3 is 1.38 bits per heavy atom. The van der Waals surface area contributed by atoms with Gasteiger partial charge in [0.25, 0.3) is 0 Å². The van der Waals surface area contributed by atoms with E-state index < -0.39 is 5.97 Å². The van der Waals surface area contributed by atoms with E-state index >= 15 is 0 Å². The van der Waals surface area contributed by atoms with Gasteiger partial charge in [-0.2, -0.15) is 0 Å². The minimum Gasteiger partial charge on any atom is -0.481 e. The lowest BCUT2D eigenvalue weighted by Crippen LogP contribution is -1.92. The predicted octanol–water partition coefficient (Wildman–Crippen LogP) is 8.00. The number of aliphatic carboxylic acids is 1. The number of hydrogen-bond donors (Lipinski definition) is 1. The summed E-state index contributed by atoms with van der Waals surface area (Å²) in [5.41, 5.74) is 0. The van der Waals surface area contributed by atoms with Gasteiger partial charge in [-0.1, -0.05) is 75.5 Å². The van der Waals surface area contributed by atoms with E-state index in [1.165, 1.54) is 70.6 Å². The highest BCUT2D eigenvalue weighted by molar-refractivity contribution is 5.66. The molecule has 150 valence electrons. The molecule has 0 saturated heterocycles. The molecule has 0 amide bonds. The third-order valence-corrected chi connectivity index (χ3v) is 4.48. The molecule has 0 aromatic carbocycles. The predicted molar refractivity (Wildman–Crippen MR) is 115 cm³/mol. The second-order valence-electron chi connectivity index (χ2n) is 7.12. The molecule has 0 aliphatic carbocycles. The van der Waals surface area contributed by atoms with E-state index in [4.69, 9.17) is 5.11 Å². The van der Waals surface area contributed by atoms with Crippen molar-refractivity contribution in [1.29, 1.82) is 0 Å². The van der Waals surface area contributed by atoms with E-state index in [-0.39, 0.29) is 6.42 Å². The fourth-order valence-electron chi connectivity index (χ4n) is 2.84. The molecule has 2 nitrogen and oxygen atoms in total. The minimum atomic E-state index is -0.699. The van der Waals surface area contributed by atoms with Crippen LogP contribution in [0.15, 0.2) is 36.5 Å². The van der Waals surface area contributed by atoms with Crippen molar-refractivity contribution in [3.05, 3.63) is 36.5 Å². The van der Waals surface area contributed by atoms with Gasteiger partial charge in [0.05, 0.1) is 0 Å². The molecule has 0 aromatic heterocycles. The zero-order valence-electron chi connectivity index (χ0n) is 17.1. The number of hydrogen-bond acceptors (Lipinski definition) is 1. The van der Waals surface area contributed by atoms with Crippen LogP contribution >= 0.6 is 0 Å². The molecule has 0 saturated carbocycles. The highest BCUT2D eigenvalue weighted by atomic mass is 16.4. The van der Waals surface area contributed by atoms with E-state index in [1.54, 1.807) is 0 Å². The Morgan fingerprint density at radius 1 is 0.577 bits per heavy atom. The average molecular weight is 363 g/mol. The van der Waals surface area contributed by atoms with E-state index in [2.05, 4.69) is 43.4 Å². The van der Waals surface area contributed by atoms with Gasteiger partial charge in [0, 0.05) is 6.42 Å². The Bertz CT molecular complexity index is 380. The van der Waals surface area contributed by atoms with Gasteiger partial charge in [0.15, 0.2) is 0 Å². The van der Waals surface area contributed by atoms with Gasteiger partial charge in [-0.3, -0.25) is 4.79 Å². The smallest absolute Gasteiger partial charge is 0.303 e. The van der Waals surface area contributed by atoms with Crippen molar-refractivity contribution in [3.8, 4) is 0 Å². The summed E-state index contributed by atoms with van der Waals surface area (Å²) < 4.78 is 0. The van der Waals surface area contributed by atoms with Crippen LogP contribution in [0, 0.1) is 0 Å². The number of carboxylic acids is 1. The van der Waals surface area contributed by atoms with Crippen molar-refractivity contribution in [3.63, 3.8) is 0 Å². The highest BCUT2D eigenvalue weighted by Gasteiger charge is 1.93. The summed E-state index contributed by atoms with van der Waals surface area (Å²) in [5, 5.41) is 8.54. The molecule has 0 heterocycles. The van der Waals surface area contributed by atoms with Crippen molar-refractivity contribution in [2.75, 3.05) is 0 Å². The standard InChI is InChI=1S/C24H42O2/c1-2-3-4-5-6-7-8-9-10-11-12-13-14-15-16-17-18-19-20-21-22-23-24(25)26/h7-8,15-16,19-20H,2-6,9-14,17-18,21-23H2,1H3,(H,25,26)/b8-7-,16-15-,20-19-. The first-order chi connectivity index (χ1) is 12.8. The van der Waals surface area contributed by atoms with Crippen LogP contribution < -0.4 is 0 Å². The number of allylic oxidation sites excluding steroid dienone is 6. The fraction of sp³-hybridized carbons (Fsp3) is 0.708. The molecule has 0 bridgehead atoms. The molecule has 0 aliphatic heterocycles. The molecule has 26 heavy (non-hydrogen) atoms. The monoisotopic (exact) mass is 362 g/mol. The third-order valence-electron chi connectivity index (χ3n) is 4.48. The van der Waals surface area contributed by atoms with Crippen LogP contribution in [-0.4, -0.2) is 11.1 Å². The summed E-state index contributed by atoms with van der Waals surface area (Å²) >= 11 is 0. The third kappa shape index (κ3) is 22.7. The Hall–Kier alpha value is -1.31. The Morgan fingerprint density at radius 2 is 0.962 bits per heavy atom. The van der Waals surface area contributed by atoms with Gasteiger partial charge < -0.3 is 5.11 Å². The summed E-state index contributed by atoms with van der Waals surface area (Å²) in [7, 11) is 0. The zero-order chi connectivity index (χ0) is 19.1. The summed E-state index contributed by atoms with van der Waals surface area (Å²) in [5.74, 6) is -0.699. The van der Waals surface area contributed by atoms with Crippen LogP contribution in [0.25, 0.3) is 0 Å². The van der Waals surface area contributed by atoms with Crippen molar-refractivity contribution in [1.82, 2.24) is 0 Å². The number of carboxylic acid groups (broad SMARTS) is 1. The van der Waals surface area contributed by atoms with E-state index in [9.17, 15) is 4.79 Å². The second-order valence-corrected chi connectivity index (χ2v) is 7.12. The zero-order valence-corrected chi connectivity index (χ0v) is 17.1. The quantitative estimate of drug-likeness (QED) is 0.187. The first-order valence-electron chi connectivity index (χ1n) is 10.9. The molecule has 0 spiro atoms. The van der Waals surface area contributed by atoms with Gasteiger partial charge >= 0.3 is 5.97 Å². The number of unbranched alkanes of at least 4 members (excludes halogenated alkanes) is 11. The van der Waals surface area contributed by atoms with E-state index in [0.29, 0.717) is 0 Å². The molecule has 2 heteroatoms. The summed E-state index contributed by atoms with van der Waals surface area (Å²) in [4.78, 5) is 10.4. The maximum Gasteiger partial charge on any atom is 0.303 e. The van der Waals surface area contributed by atoms with Gasteiger partial charge in [-0.15, -0.1) is 0 Å². The first kappa shape index (κ1) is 24.7. The molecular weight excluding hydrogens is 320 g/mol. The fourth-order valence-corrected chi connectivity index (χ4v) is 2.84. The van der Waals surface area contributed by atoms with Crippen molar-refractivity contribution in [2.24, 2.45) is 0 Å². The Labute approximate surface area is 162 Å². The molecule has 0 rings (SSSR count). The van der Waals surface area contributed by atoms with Crippen LogP contribution in [0.5, 0.6) is 0 Å². The molecular formula is C24H42O2. The van der Waals surface area contributed by atoms with Gasteiger partial charge in [0.1, 0.15) is 0 Å². The SMILES string of the molecule is CCCCCC/C=C\CCCCCC/C=C\CC/C=C\CCCC(=O)O. The molecule has 0 unspecified atom stereocenters. The molecule has 0 aromatic rings. The van der Waals surface area contributed by atoms with Crippen molar-refractivity contribution >= 4 is 5.97 Å². The lowest BCUT2D eigenvalue weighted by atomic mass is 10.1. The largest absolute Gasteiger partial charge is 0.481 e. The summed E-state index contributed by atoms with van der Waals surface area (Å²) in [6.45, 7) is 2.26. The second kappa shape index (κ2) is 21.7. The van der Waals surface area contributed by atoms with Gasteiger partial charge in [-0.25, -0.2) is 0 Å². The molecule has 0 fully saturated rings. The van der Waals surface area contributed by atoms with Crippen LogP contribution in [-0.2, 0) is 4.79 Å². The van der Waals surface area contributed by atoms with Crippen LogP contribution in [0.4, 0.5) is 0 Å². The maximum absolute atomic E-state index is 10.4. The van der Waals surface area contributed by atoms with E-state index in [0.717, 1.165) is 25.7 Å². The topological polar surface area (TPSA) is 37.3 Å². The van der Waals surface area contributed by atoms with E-state index in [1.807, 2.05) is 0 Å². The first-order valence-corrected chi connectivity index (χ1v) is 10.9. The average Bonchev–Trinajstić information content (AvgIpc) is 2.62. The summed E-state index contributed by atoms with van der Waals surface area (Å²) in [6.07, 6.45) is 32.2. The molecule has 0 radical (unpaired) electrons. The minimum absolute atomic E-state index is 0.277. The van der Waals surface area contributed by atoms with Gasteiger partial charge in [0.2, 0.25) is 0 Å². The Kier molecular flexibility index (Phi) is 20.6. The number of rotatable bonds is 19. The van der Waals surface area contributed by atoms with Crippen molar-refractivity contribution < 1.29 is 9.90 Å². The van der Waals surface area contributed by atoms with Gasteiger partial charge in [-0.05, 0) is 64.2 Å². The molecule has 0 atom stereocenters. The van der Waals surface area contributed by atoms with Crippen molar-refractivity contribution in [2.45, 2.75) is 110 Å². The highest BCUT2D eigenvalue weighted by Crippen LogP contribution is 2.08. The lowest BCUT2D eigenvalue weighted by Gasteiger charge is -1.97. The van der Waals surface area contributed by atoms with Crippen LogP contribution in [0.3, 0.4) is 0 Å². The summed E-state index contributed by atoms with van der Waals surface area (Å²) in [6, 6.07) is 0. The van der Waals surface area contributed by atoms with Crippen LogP contribution in [0.1, 0.15) is 110 Å². The molecule has 0 aliphatic rings. The lowest BCUT2D eigenvalue weighted by molar-refractivity contribution is -0.137. The Balaban J connectivity index is 3.22. The molecule has 1 N–H and O–H groups in total. The number of carbonyl (C=O) groups is 1. The van der Waals surface area contributed by atoms with Crippen LogP contribution in [0.2, 0.25) is 0 Å². The normalized spacial score (nSPS) is 12.0. The maximum atomic E-state index is 10.4.